The van der Waals surface area contributed by atoms with Gasteiger partial charge in [-0.25, -0.2) is 0 Å². The molecule has 2 aromatic rings. The lowest BCUT2D eigenvalue weighted by atomic mass is 10.1. The minimum absolute atomic E-state index is 0.368. The number of nitrogens with one attached hydrogen (secondary N) is 2. The van der Waals surface area contributed by atoms with Crippen molar-refractivity contribution in [1.29, 1.82) is 0 Å². The van der Waals surface area contributed by atoms with E-state index >= 15 is 0 Å². The van der Waals surface area contributed by atoms with Crippen molar-refractivity contribution in [1.82, 2.24) is 10.9 Å². The topological polar surface area (TPSA) is 58.2 Å². The molecule has 5 heteroatoms. The molecule has 108 valence electrons. The van der Waals surface area contributed by atoms with Crippen LogP contribution in [0.25, 0.3) is 0 Å². The maximum Gasteiger partial charge on any atom is 0.269 e. The lowest BCUT2D eigenvalue weighted by Crippen LogP contribution is -2.41. The Kier molecular flexibility index (Phi) is 4.95. The first kappa shape index (κ1) is 15.1. The molecular weight excluding hydrogens is 288 g/mol. The van der Waals surface area contributed by atoms with Crippen LogP contribution in [0.5, 0.6) is 0 Å². The largest absolute Gasteiger partial charge is 0.269 e. The molecule has 0 unspecified atom stereocenters. The van der Waals surface area contributed by atoms with Gasteiger partial charge in [-0.05, 0) is 42.3 Å². The molecule has 0 atom stereocenters. The van der Waals surface area contributed by atoms with Crippen LogP contribution in [0, 0.1) is 0 Å². The lowest BCUT2D eigenvalue weighted by Gasteiger charge is -2.08. The number of hydrazine groups is 1. The van der Waals surface area contributed by atoms with E-state index in [-0.39, 0.29) is 5.91 Å². The Morgan fingerprint density at radius 2 is 1.57 bits per heavy atom. The van der Waals surface area contributed by atoms with E-state index in [1.165, 1.54) is 6.07 Å². The highest BCUT2D eigenvalue weighted by Crippen LogP contribution is 2.10. The maximum absolute atomic E-state index is 11.9. The lowest BCUT2D eigenvalue weighted by molar-refractivity contribution is 0.0846. The standard InChI is InChI=1S/C16H15ClN2O2/c1-2-11-6-8-12(9-7-11)15(20)18-19-16(21)13-4-3-5-14(17)10-13/h3-10H,2H2,1H3,(H,18,20)(H,19,21). The van der Waals surface area contributed by atoms with Crippen molar-refractivity contribution in [3.8, 4) is 0 Å². The van der Waals surface area contributed by atoms with Crippen LogP contribution in [0.3, 0.4) is 0 Å². The molecule has 2 amide bonds. The average Bonchev–Trinajstić information content (AvgIpc) is 2.52. The number of rotatable bonds is 3. The van der Waals surface area contributed by atoms with Gasteiger partial charge < -0.3 is 0 Å². The molecule has 0 aliphatic rings. The Labute approximate surface area is 128 Å². The van der Waals surface area contributed by atoms with E-state index in [0.717, 1.165) is 12.0 Å². The van der Waals surface area contributed by atoms with Crippen LogP contribution in [-0.4, -0.2) is 11.8 Å². The number of benzene rings is 2. The van der Waals surface area contributed by atoms with Gasteiger partial charge in [0.15, 0.2) is 0 Å². The van der Waals surface area contributed by atoms with Crippen molar-refractivity contribution >= 4 is 23.4 Å². The number of amides is 2. The van der Waals surface area contributed by atoms with Crippen molar-refractivity contribution < 1.29 is 9.59 Å². The van der Waals surface area contributed by atoms with Gasteiger partial charge in [-0.15, -0.1) is 0 Å². The SMILES string of the molecule is CCc1ccc(C(=O)NNC(=O)c2cccc(Cl)c2)cc1. The molecule has 0 fully saturated rings. The number of halogens is 1. The van der Waals surface area contributed by atoms with Crippen LogP contribution in [0.2, 0.25) is 5.02 Å². The van der Waals surface area contributed by atoms with Gasteiger partial charge in [0.25, 0.3) is 11.8 Å². The van der Waals surface area contributed by atoms with Gasteiger partial charge in [0.2, 0.25) is 0 Å². The summed E-state index contributed by atoms with van der Waals surface area (Å²) >= 11 is 5.81. The van der Waals surface area contributed by atoms with Crippen LogP contribution < -0.4 is 10.9 Å². The van der Waals surface area contributed by atoms with E-state index < -0.39 is 5.91 Å². The number of carbonyl (C=O) groups excluding carboxylic acids is 2. The van der Waals surface area contributed by atoms with Gasteiger partial charge in [0.05, 0.1) is 0 Å². The van der Waals surface area contributed by atoms with E-state index in [9.17, 15) is 9.59 Å². The summed E-state index contributed by atoms with van der Waals surface area (Å²) in [6.45, 7) is 2.04. The summed E-state index contributed by atoms with van der Waals surface area (Å²) in [7, 11) is 0. The maximum atomic E-state index is 11.9. The molecule has 4 nitrogen and oxygen atoms in total. The normalized spacial score (nSPS) is 10.0. The second kappa shape index (κ2) is 6.90. The summed E-state index contributed by atoms with van der Waals surface area (Å²) < 4.78 is 0. The zero-order chi connectivity index (χ0) is 15.2. The third kappa shape index (κ3) is 4.07. The van der Waals surface area contributed by atoms with Gasteiger partial charge >= 0.3 is 0 Å². The van der Waals surface area contributed by atoms with Crippen molar-refractivity contribution in [2.75, 3.05) is 0 Å². The van der Waals surface area contributed by atoms with Crippen molar-refractivity contribution in [2.24, 2.45) is 0 Å². The molecule has 2 N–H and O–H groups in total. The molecule has 2 aromatic carbocycles. The summed E-state index contributed by atoms with van der Waals surface area (Å²) in [6, 6.07) is 13.7. The molecule has 0 spiro atoms. The van der Waals surface area contributed by atoms with E-state index in [1.807, 2.05) is 19.1 Å². The Balaban J connectivity index is 1.95. The summed E-state index contributed by atoms with van der Waals surface area (Å²) in [6.07, 6.45) is 0.910. The van der Waals surface area contributed by atoms with Gasteiger partial charge in [0.1, 0.15) is 0 Å². The highest BCUT2D eigenvalue weighted by molar-refractivity contribution is 6.30. The molecule has 0 aliphatic carbocycles. The van der Waals surface area contributed by atoms with E-state index in [1.54, 1.807) is 30.3 Å². The Morgan fingerprint density at radius 1 is 0.952 bits per heavy atom. The molecule has 0 saturated carbocycles. The molecular formula is C16H15ClN2O2. The first-order valence-electron chi connectivity index (χ1n) is 6.55. The second-order valence-electron chi connectivity index (χ2n) is 4.47. The first-order chi connectivity index (χ1) is 10.1. The quantitative estimate of drug-likeness (QED) is 0.856. The van der Waals surface area contributed by atoms with E-state index in [0.29, 0.717) is 16.1 Å². The summed E-state index contributed by atoms with van der Waals surface area (Å²) in [5.41, 5.74) is 6.74. The van der Waals surface area contributed by atoms with E-state index in [4.69, 9.17) is 11.6 Å². The summed E-state index contributed by atoms with van der Waals surface area (Å²) in [5.74, 6) is -0.788. The number of carbonyl (C=O) groups is 2. The zero-order valence-electron chi connectivity index (χ0n) is 11.5. The van der Waals surface area contributed by atoms with Crippen LogP contribution in [0.1, 0.15) is 33.2 Å². The van der Waals surface area contributed by atoms with Crippen LogP contribution in [-0.2, 0) is 6.42 Å². The number of aryl methyl sites for hydroxylation is 1. The molecule has 0 aromatic heterocycles. The predicted octanol–water partition coefficient (Wildman–Crippen LogP) is 2.98. The smallest absolute Gasteiger partial charge is 0.267 e. The van der Waals surface area contributed by atoms with Gasteiger partial charge in [0, 0.05) is 16.1 Å². The summed E-state index contributed by atoms with van der Waals surface area (Å²) in [5, 5.41) is 0.462. The Hall–Kier alpha value is -2.33. The van der Waals surface area contributed by atoms with Crippen molar-refractivity contribution in [3.63, 3.8) is 0 Å². The van der Waals surface area contributed by atoms with Gasteiger partial charge in [-0.2, -0.15) is 0 Å². The Morgan fingerprint density at radius 3 is 2.14 bits per heavy atom. The second-order valence-corrected chi connectivity index (χ2v) is 4.91. The fourth-order valence-corrected chi connectivity index (χ4v) is 1.97. The minimum atomic E-state index is -0.420. The summed E-state index contributed by atoms with van der Waals surface area (Å²) in [4.78, 5) is 23.7. The van der Waals surface area contributed by atoms with Crippen molar-refractivity contribution in [3.05, 3.63) is 70.2 Å². The van der Waals surface area contributed by atoms with Gasteiger partial charge in [-0.1, -0.05) is 36.7 Å². The zero-order valence-corrected chi connectivity index (χ0v) is 12.3. The van der Waals surface area contributed by atoms with Crippen LogP contribution in [0.4, 0.5) is 0 Å². The highest BCUT2D eigenvalue weighted by Gasteiger charge is 2.09. The molecule has 0 saturated heterocycles. The van der Waals surface area contributed by atoms with E-state index in [2.05, 4.69) is 10.9 Å². The molecule has 21 heavy (non-hydrogen) atoms. The molecule has 0 heterocycles. The first-order valence-corrected chi connectivity index (χ1v) is 6.93. The average molecular weight is 303 g/mol. The number of hydrogen-bond donors (Lipinski definition) is 2. The van der Waals surface area contributed by atoms with Crippen LogP contribution >= 0.6 is 11.6 Å². The third-order valence-electron chi connectivity index (χ3n) is 3.00. The fraction of sp³-hybridized carbons (Fsp3) is 0.125. The number of hydrogen-bond acceptors (Lipinski definition) is 2. The highest BCUT2D eigenvalue weighted by atomic mass is 35.5. The fourth-order valence-electron chi connectivity index (χ4n) is 1.78. The minimum Gasteiger partial charge on any atom is -0.267 e. The third-order valence-corrected chi connectivity index (χ3v) is 3.24. The Bertz CT molecular complexity index is 654. The van der Waals surface area contributed by atoms with Gasteiger partial charge in [-0.3, -0.25) is 20.4 Å². The molecule has 0 radical (unpaired) electrons. The van der Waals surface area contributed by atoms with Crippen molar-refractivity contribution in [2.45, 2.75) is 13.3 Å². The van der Waals surface area contributed by atoms with Crippen LogP contribution in [0.15, 0.2) is 48.5 Å². The molecule has 0 bridgehead atoms. The monoisotopic (exact) mass is 302 g/mol. The predicted molar refractivity (Wildman–Crippen MR) is 82.2 cm³/mol. The molecule has 0 aliphatic heterocycles. The molecule has 2 rings (SSSR count).